The number of rotatable bonds is 8. The minimum absolute atomic E-state index is 0.0108. The lowest BCUT2D eigenvalue weighted by Gasteiger charge is -2.19. The van der Waals surface area contributed by atoms with Crippen molar-refractivity contribution in [3.63, 3.8) is 0 Å². The first-order chi connectivity index (χ1) is 12.2. The van der Waals surface area contributed by atoms with Crippen LogP contribution in [-0.2, 0) is 16.6 Å². The van der Waals surface area contributed by atoms with Crippen LogP contribution in [-0.4, -0.2) is 44.9 Å². The summed E-state index contributed by atoms with van der Waals surface area (Å²) >= 11 is 1.67. The maximum atomic E-state index is 11.7. The van der Waals surface area contributed by atoms with Gasteiger partial charge in [0.25, 0.3) is 0 Å². The number of aliphatic hydroxyl groups excluding tert-OH is 1. The van der Waals surface area contributed by atoms with E-state index in [1.807, 2.05) is 43.3 Å². The van der Waals surface area contributed by atoms with Crippen molar-refractivity contribution in [2.45, 2.75) is 23.3 Å². The van der Waals surface area contributed by atoms with Crippen molar-refractivity contribution in [1.29, 1.82) is 0 Å². The van der Waals surface area contributed by atoms with E-state index in [4.69, 9.17) is 15.0 Å². The largest absolute Gasteiger partial charge is 0.457 e. The summed E-state index contributed by atoms with van der Waals surface area (Å²) in [5.74, 6) is 1.23. The molecule has 0 aliphatic carbocycles. The number of sulfonamides is 1. The Morgan fingerprint density at radius 2 is 1.96 bits per heavy atom. The average molecular weight is 397 g/mol. The van der Waals surface area contributed by atoms with E-state index in [9.17, 15) is 8.42 Å². The zero-order valence-corrected chi connectivity index (χ0v) is 16.7. The van der Waals surface area contributed by atoms with E-state index in [1.54, 1.807) is 17.8 Å². The fraction of sp³-hybridized carbons (Fsp3) is 0.333. The molecule has 2 rings (SSSR count). The molecule has 0 unspecified atom stereocenters. The summed E-state index contributed by atoms with van der Waals surface area (Å²) < 4.78 is 29.3. The van der Waals surface area contributed by atoms with Crippen molar-refractivity contribution in [1.82, 2.24) is 4.90 Å². The molecule has 0 spiro atoms. The van der Waals surface area contributed by atoms with E-state index in [0.717, 1.165) is 5.56 Å². The van der Waals surface area contributed by atoms with Crippen LogP contribution in [0.5, 0.6) is 11.5 Å². The lowest BCUT2D eigenvalue weighted by molar-refractivity contribution is 0.216. The molecule has 0 bridgehead atoms. The van der Waals surface area contributed by atoms with Crippen LogP contribution in [0.3, 0.4) is 0 Å². The summed E-state index contributed by atoms with van der Waals surface area (Å²) in [7, 11) is -1.97. The van der Waals surface area contributed by atoms with E-state index in [0.29, 0.717) is 30.2 Å². The molecular weight excluding hydrogens is 372 g/mol. The molecule has 0 aliphatic heterocycles. The molecule has 0 saturated heterocycles. The van der Waals surface area contributed by atoms with Crippen molar-refractivity contribution in [2.24, 2.45) is 5.14 Å². The number of benzene rings is 2. The third-order valence-corrected chi connectivity index (χ3v) is 5.69. The van der Waals surface area contributed by atoms with Gasteiger partial charge in [-0.2, -0.15) is 0 Å². The van der Waals surface area contributed by atoms with Gasteiger partial charge in [0, 0.05) is 23.5 Å². The number of aliphatic hydroxyl groups is 1. The van der Waals surface area contributed by atoms with E-state index in [-0.39, 0.29) is 11.5 Å². The molecule has 0 saturated carbocycles. The summed E-state index contributed by atoms with van der Waals surface area (Å²) in [5, 5.41) is 14.3. The minimum Gasteiger partial charge on any atom is -0.457 e. The van der Waals surface area contributed by atoms with Gasteiger partial charge in [0.15, 0.2) is 0 Å². The zero-order chi connectivity index (χ0) is 19.3. The Labute approximate surface area is 159 Å². The van der Waals surface area contributed by atoms with Crippen LogP contribution in [0, 0.1) is 6.92 Å². The van der Waals surface area contributed by atoms with Crippen molar-refractivity contribution in [3.05, 3.63) is 47.5 Å². The molecule has 142 valence electrons. The molecule has 26 heavy (non-hydrogen) atoms. The second kappa shape index (κ2) is 8.88. The van der Waals surface area contributed by atoms with Gasteiger partial charge in [-0.1, -0.05) is 0 Å². The highest BCUT2D eigenvalue weighted by Crippen LogP contribution is 2.31. The second-order valence-corrected chi connectivity index (χ2v) is 8.42. The highest BCUT2D eigenvalue weighted by molar-refractivity contribution is 7.98. The smallest absolute Gasteiger partial charge is 0.238 e. The summed E-state index contributed by atoms with van der Waals surface area (Å²) in [6.07, 6.45) is 2.02. The number of thioether (sulfide) groups is 1. The quantitative estimate of drug-likeness (QED) is 0.666. The van der Waals surface area contributed by atoms with E-state index in [1.165, 1.54) is 17.0 Å². The molecule has 0 aliphatic rings. The van der Waals surface area contributed by atoms with E-state index < -0.39 is 10.0 Å². The maximum absolute atomic E-state index is 11.7. The molecule has 0 heterocycles. The predicted molar refractivity (Wildman–Crippen MR) is 104 cm³/mol. The van der Waals surface area contributed by atoms with Gasteiger partial charge in [-0.25, -0.2) is 13.6 Å². The third kappa shape index (κ3) is 5.46. The third-order valence-electron chi connectivity index (χ3n) is 3.88. The fourth-order valence-corrected chi connectivity index (χ4v) is 3.69. The van der Waals surface area contributed by atoms with Crippen molar-refractivity contribution in [3.8, 4) is 11.5 Å². The van der Waals surface area contributed by atoms with Crippen LogP contribution in [0.15, 0.2) is 46.2 Å². The van der Waals surface area contributed by atoms with Crippen LogP contribution in [0.2, 0.25) is 0 Å². The Morgan fingerprint density at radius 3 is 2.54 bits per heavy atom. The Morgan fingerprint density at radius 1 is 1.23 bits per heavy atom. The molecule has 0 amide bonds. The van der Waals surface area contributed by atoms with Crippen molar-refractivity contribution in [2.75, 3.05) is 26.5 Å². The number of primary sulfonamides is 1. The highest BCUT2D eigenvalue weighted by atomic mass is 32.2. The molecule has 2 aromatic carbocycles. The van der Waals surface area contributed by atoms with Crippen LogP contribution in [0.1, 0.15) is 11.1 Å². The maximum Gasteiger partial charge on any atom is 0.238 e. The van der Waals surface area contributed by atoms with Gasteiger partial charge in [0.05, 0.1) is 11.5 Å². The number of likely N-dealkylation sites (N-methyl/N-ethyl adjacent to an activating group) is 1. The Hall–Kier alpha value is -1.58. The summed E-state index contributed by atoms with van der Waals surface area (Å²) in [5.41, 5.74) is 1.79. The molecule has 6 nitrogen and oxygen atoms in total. The first-order valence-corrected chi connectivity index (χ1v) is 10.8. The normalized spacial score (nSPS) is 11.8. The number of nitrogens with zero attached hydrogens (tertiary/aromatic N) is 1. The minimum atomic E-state index is -3.80. The molecule has 3 N–H and O–H groups in total. The highest BCUT2D eigenvalue weighted by Gasteiger charge is 2.15. The van der Waals surface area contributed by atoms with Gasteiger partial charge < -0.3 is 9.84 Å². The average Bonchev–Trinajstić information content (AvgIpc) is 2.56. The number of hydrogen-bond donors (Lipinski definition) is 2. The van der Waals surface area contributed by atoms with Gasteiger partial charge in [-0.3, -0.25) is 4.90 Å². The van der Waals surface area contributed by atoms with Crippen LogP contribution in [0.25, 0.3) is 0 Å². The SMILES string of the molecule is CSc1ccc(Oc2ccc(S(N)(=O)=O)cc2CN(C)CCO)cc1C. The Balaban J connectivity index is 2.38. The lowest BCUT2D eigenvalue weighted by Crippen LogP contribution is -2.22. The predicted octanol–water partition coefficient (Wildman–Crippen LogP) is 2.58. The topological polar surface area (TPSA) is 92.9 Å². The number of nitrogens with two attached hydrogens (primary N) is 1. The number of ether oxygens (including phenoxy) is 1. The van der Waals surface area contributed by atoms with Crippen molar-refractivity contribution >= 4 is 21.8 Å². The van der Waals surface area contributed by atoms with Gasteiger partial charge in [-0.15, -0.1) is 11.8 Å². The summed E-state index contributed by atoms with van der Waals surface area (Å²) in [6.45, 7) is 2.90. The first kappa shape index (κ1) is 20.7. The first-order valence-electron chi connectivity index (χ1n) is 8.02. The second-order valence-electron chi connectivity index (χ2n) is 6.01. The molecule has 0 radical (unpaired) electrons. The number of aryl methyl sites for hydroxylation is 1. The van der Waals surface area contributed by atoms with Crippen LogP contribution >= 0.6 is 11.8 Å². The fourth-order valence-electron chi connectivity index (χ4n) is 2.54. The summed E-state index contributed by atoms with van der Waals surface area (Å²) in [4.78, 5) is 3.08. The molecule has 0 aromatic heterocycles. The van der Waals surface area contributed by atoms with E-state index >= 15 is 0 Å². The van der Waals surface area contributed by atoms with Gasteiger partial charge in [0.2, 0.25) is 10.0 Å². The van der Waals surface area contributed by atoms with Crippen LogP contribution < -0.4 is 9.88 Å². The number of hydrogen-bond acceptors (Lipinski definition) is 6. The molecule has 0 fully saturated rings. The monoisotopic (exact) mass is 396 g/mol. The Bertz CT molecular complexity index is 869. The van der Waals surface area contributed by atoms with Gasteiger partial charge in [0.1, 0.15) is 11.5 Å². The zero-order valence-electron chi connectivity index (χ0n) is 15.1. The van der Waals surface area contributed by atoms with E-state index in [2.05, 4.69) is 0 Å². The van der Waals surface area contributed by atoms with Gasteiger partial charge in [-0.05, 0) is 62.2 Å². The molecule has 2 aromatic rings. The van der Waals surface area contributed by atoms with Crippen LogP contribution in [0.4, 0.5) is 0 Å². The summed E-state index contributed by atoms with van der Waals surface area (Å²) in [6, 6.07) is 10.4. The lowest BCUT2D eigenvalue weighted by atomic mass is 10.2. The molecular formula is C18H24N2O4S2. The standard InChI is InChI=1S/C18H24N2O4S2/c1-13-10-15(4-7-18(13)25-3)24-17-6-5-16(26(19,22)23)11-14(17)12-20(2)8-9-21/h4-7,10-11,21H,8-9,12H2,1-3H3,(H2,19,22,23). The molecule has 8 heteroatoms. The van der Waals surface area contributed by atoms with Crippen molar-refractivity contribution < 1.29 is 18.3 Å². The molecule has 0 atom stereocenters. The van der Waals surface area contributed by atoms with Gasteiger partial charge >= 0.3 is 0 Å². The Kier molecular flexibility index (Phi) is 7.08.